The van der Waals surface area contributed by atoms with Crippen LogP contribution in [0.5, 0.6) is 0 Å². The maximum absolute atomic E-state index is 12.2. The largest absolute Gasteiger partial charge is 0.336 e. The summed E-state index contributed by atoms with van der Waals surface area (Å²) >= 11 is 0. The lowest BCUT2D eigenvalue weighted by Gasteiger charge is -2.34. The molecular weight excluding hydrogens is 326 g/mol. The molecule has 0 spiro atoms. The predicted octanol–water partition coefficient (Wildman–Crippen LogP) is 2.03. The zero-order chi connectivity index (χ0) is 18.1. The molecular formula is C17H27N3O3S. The monoisotopic (exact) mass is 353 g/mol. The number of rotatable bonds is 4. The summed E-state index contributed by atoms with van der Waals surface area (Å²) in [5, 5.41) is 4.95. The Hall–Kier alpha value is -1.60. The van der Waals surface area contributed by atoms with Crippen molar-refractivity contribution in [3.63, 3.8) is 0 Å². The average Bonchev–Trinajstić information content (AvgIpc) is 2.48. The Balaban J connectivity index is 2.28. The number of carbonyl (C=O) groups excluding carboxylic acids is 1. The molecule has 2 unspecified atom stereocenters. The van der Waals surface area contributed by atoms with Gasteiger partial charge in [0.15, 0.2) is 0 Å². The SMILES string of the molecule is CC(C)S(=O)(=O)NC1CNC(=O)NC1c1ccc(C(C)(C)C)cc1. The van der Waals surface area contributed by atoms with Crippen molar-refractivity contribution in [2.45, 2.75) is 57.4 Å². The van der Waals surface area contributed by atoms with Gasteiger partial charge in [-0.3, -0.25) is 0 Å². The molecule has 1 aliphatic heterocycles. The Morgan fingerprint density at radius 3 is 2.25 bits per heavy atom. The minimum atomic E-state index is -3.43. The van der Waals surface area contributed by atoms with E-state index in [1.54, 1.807) is 13.8 Å². The summed E-state index contributed by atoms with van der Waals surface area (Å²) in [6.07, 6.45) is 0. The molecule has 1 aliphatic rings. The van der Waals surface area contributed by atoms with Gasteiger partial charge in [-0.1, -0.05) is 45.0 Å². The van der Waals surface area contributed by atoms with E-state index in [0.717, 1.165) is 5.56 Å². The summed E-state index contributed by atoms with van der Waals surface area (Å²) in [6, 6.07) is 6.83. The molecule has 0 aliphatic carbocycles. The summed E-state index contributed by atoms with van der Waals surface area (Å²) in [6.45, 7) is 9.91. The van der Waals surface area contributed by atoms with E-state index in [2.05, 4.69) is 36.1 Å². The molecule has 0 aromatic heterocycles. The van der Waals surface area contributed by atoms with Gasteiger partial charge in [0.25, 0.3) is 0 Å². The normalized spacial score (nSPS) is 22.2. The smallest absolute Gasteiger partial charge is 0.315 e. The van der Waals surface area contributed by atoms with Crippen LogP contribution in [0.4, 0.5) is 4.79 Å². The van der Waals surface area contributed by atoms with E-state index in [4.69, 9.17) is 0 Å². The Kier molecular flexibility index (Phi) is 5.25. The van der Waals surface area contributed by atoms with E-state index in [1.807, 2.05) is 24.3 Å². The maximum Gasteiger partial charge on any atom is 0.315 e. The van der Waals surface area contributed by atoms with Gasteiger partial charge >= 0.3 is 6.03 Å². The molecule has 2 amide bonds. The third kappa shape index (κ3) is 4.27. The van der Waals surface area contributed by atoms with Gasteiger partial charge in [0.1, 0.15) is 0 Å². The topological polar surface area (TPSA) is 87.3 Å². The molecule has 1 fully saturated rings. The molecule has 1 aromatic rings. The average molecular weight is 353 g/mol. The van der Waals surface area contributed by atoms with Crippen LogP contribution in [-0.4, -0.2) is 32.3 Å². The highest BCUT2D eigenvalue weighted by molar-refractivity contribution is 7.90. The van der Waals surface area contributed by atoms with Crippen LogP contribution < -0.4 is 15.4 Å². The lowest BCUT2D eigenvalue weighted by atomic mass is 9.85. The predicted molar refractivity (Wildman–Crippen MR) is 95.4 cm³/mol. The molecule has 1 heterocycles. The number of nitrogens with one attached hydrogen (secondary N) is 3. The number of carbonyl (C=O) groups is 1. The Labute approximate surface area is 144 Å². The fourth-order valence-electron chi connectivity index (χ4n) is 2.58. The standard InChI is InChI=1S/C17H27N3O3S/c1-11(2)24(22,23)20-14-10-18-16(21)19-15(14)12-6-8-13(9-7-12)17(3,4)5/h6-9,11,14-15,20H,10H2,1-5H3,(H2,18,19,21). The lowest BCUT2D eigenvalue weighted by molar-refractivity contribution is 0.222. The second kappa shape index (κ2) is 6.72. The van der Waals surface area contributed by atoms with Crippen molar-refractivity contribution in [1.82, 2.24) is 15.4 Å². The van der Waals surface area contributed by atoms with Gasteiger partial charge in [0.05, 0.1) is 17.3 Å². The molecule has 1 aromatic carbocycles. The first-order chi connectivity index (χ1) is 11.0. The Bertz CT molecular complexity index is 691. The van der Waals surface area contributed by atoms with Crippen LogP contribution in [0.1, 0.15) is 51.8 Å². The molecule has 2 atom stereocenters. The van der Waals surface area contributed by atoms with Crippen molar-refractivity contribution in [3.05, 3.63) is 35.4 Å². The van der Waals surface area contributed by atoms with Crippen LogP contribution in [-0.2, 0) is 15.4 Å². The summed E-state index contributed by atoms with van der Waals surface area (Å²) in [5.74, 6) is 0. The zero-order valence-corrected chi connectivity index (χ0v) is 15.7. The summed E-state index contributed by atoms with van der Waals surface area (Å²) in [5.41, 5.74) is 2.11. The number of hydrogen-bond donors (Lipinski definition) is 3. The first-order valence-electron chi connectivity index (χ1n) is 8.16. The van der Waals surface area contributed by atoms with Crippen LogP contribution >= 0.6 is 0 Å². The van der Waals surface area contributed by atoms with Crippen molar-refractivity contribution in [3.8, 4) is 0 Å². The number of benzene rings is 1. The summed E-state index contributed by atoms with van der Waals surface area (Å²) in [7, 11) is -3.43. The molecule has 1 saturated heterocycles. The lowest BCUT2D eigenvalue weighted by Crippen LogP contribution is -2.59. The van der Waals surface area contributed by atoms with Gasteiger partial charge in [0, 0.05) is 6.54 Å². The zero-order valence-electron chi connectivity index (χ0n) is 14.9. The minimum absolute atomic E-state index is 0.0362. The van der Waals surface area contributed by atoms with Crippen molar-refractivity contribution in [1.29, 1.82) is 0 Å². The molecule has 0 bridgehead atoms. The minimum Gasteiger partial charge on any atom is -0.336 e. The fraction of sp³-hybridized carbons (Fsp3) is 0.588. The van der Waals surface area contributed by atoms with Crippen LogP contribution in [0.3, 0.4) is 0 Å². The third-order valence-electron chi connectivity index (χ3n) is 4.24. The second-order valence-electron chi connectivity index (χ2n) is 7.52. The van der Waals surface area contributed by atoms with E-state index in [-0.39, 0.29) is 18.0 Å². The van der Waals surface area contributed by atoms with E-state index in [9.17, 15) is 13.2 Å². The number of hydrogen-bond acceptors (Lipinski definition) is 3. The molecule has 134 valence electrons. The molecule has 2 rings (SSSR count). The van der Waals surface area contributed by atoms with Gasteiger partial charge in [-0.25, -0.2) is 17.9 Å². The van der Waals surface area contributed by atoms with Crippen LogP contribution in [0.25, 0.3) is 0 Å². The Morgan fingerprint density at radius 2 is 1.75 bits per heavy atom. The fourth-order valence-corrected chi connectivity index (χ4v) is 3.49. The highest BCUT2D eigenvalue weighted by Crippen LogP contribution is 2.26. The summed E-state index contributed by atoms with van der Waals surface area (Å²) in [4.78, 5) is 11.7. The maximum atomic E-state index is 12.2. The number of urea groups is 1. The van der Waals surface area contributed by atoms with Crippen LogP contribution in [0, 0.1) is 0 Å². The quantitative estimate of drug-likeness (QED) is 0.774. The molecule has 7 heteroatoms. The van der Waals surface area contributed by atoms with Crippen LogP contribution in [0.2, 0.25) is 0 Å². The van der Waals surface area contributed by atoms with Crippen molar-refractivity contribution < 1.29 is 13.2 Å². The van der Waals surface area contributed by atoms with Gasteiger partial charge in [-0.15, -0.1) is 0 Å². The van der Waals surface area contributed by atoms with Gasteiger partial charge in [0.2, 0.25) is 10.0 Å². The van der Waals surface area contributed by atoms with E-state index < -0.39 is 27.4 Å². The van der Waals surface area contributed by atoms with Crippen molar-refractivity contribution in [2.24, 2.45) is 0 Å². The molecule has 24 heavy (non-hydrogen) atoms. The van der Waals surface area contributed by atoms with E-state index >= 15 is 0 Å². The highest BCUT2D eigenvalue weighted by Gasteiger charge is 2.33. The number of sulfonamides is 1. The molecule has 0 radical (unpaired) electrons. The summed E-state index contributed by atoms with van der Waals surface area (Å²) < 4.78 is 27.1. The second-order valence-corrected chi connectivity index (χ2v) is 9.79. The van der Waals surface area contributed by atoms with E-state index in [0.29, 0.717) is 0 Å². The van der Waals surface area contributed by atoms with Gasteiger partial charge in [-0.05, 0) is 30.4 Å². The Morgan fingerprint density at radius 1 is 1.17 bits per heavy atom. The molecule has 0 saturated carbocycles. The van der Waals surface area contributed by atoms with Gasteiger partial charge in [-0.2, -0.15) is 0 Å². The van der Waals surface area contributed by atoms with Crippen molar-refractivity contribution in [2.75, 3.05) is 6.54 Å². The van der Waals surface area contributed by atoms with E-state index in [1.165, 1.54) is 5.56 Å². The first kappa shape index (κ1) is 18.7. The highest BCUT2D eigenvalue weighted by atomic mass is 32.2. The molecule has 3 N–H and O–H groups in total. The van der Waals surface area contributed by atoms with Gasteiger partial charge < -0.3 is 10.6 Å². The first-order valence-corrected chi connectivity index (χ1v) is 9.71. The molecule has 6 nitrogen and oxygen atoms in total. The van der Waals surface area contributed by atoms with Crippen LogP contribution in [0.15, 0.2) is 24.3 Å². The number of amides is 2. The van der Waals surface area contributed by atoms with Crippen molar-refractivity contribution >= 4 is 16.1 Å². The third-order valence-corrected chi connectivity index (χ3v) is 6.12.